The summed E-state index contributed by atoms with van der Waals surface area (Å²) in [6.45, 7) is 0.949. The lowest BCUT2D eigenvalue weighted by Gasteiger charge is -2.32. The molecule has 1 aliphatic carbocycles. The molecule has 0 spiro atoms. The van der Waals surface area contributed by atoms with Gasteiger partial charge in [-0.05, 0) is 44.1 Å². The molecular formula is C26H33F4N5O5S. The minimum Gasteiger partial charge on any atom is -0.494 e. The van der Waals surface area contributed by atoms with E-state index >= 15 is 0 Å². The van der Waals surface area contributed by atoms with E-state index in [2.05, 4.69) is 25.3 Å². The molecule has 1 aromatic carbocycles. The van der Waals surface area contributed by atoms with Gasteiger partial charge in [-0.2, -0.15) is 13.2 Å². The number of carbonyl (C=O) groups is 1. The lowest BCUT2D eigenvalue weighted by atomic mass is 9.81. The van der Waals surface area contributed by atoms with Crippen LogP contribution in [0.2, 0.25) is 0 Å². The first-order valence-corrected chi connectivity index (χ1v) is 15.2. The maximum atomic E-state index is 14.8. The van der Waals surface area contributed by atoms with E-state index in [1.54, 1.807) is 0 Å². The zero-order valence-electron chi connectivity index (χ0n) is 22.7. The molecule has 2 aromatic rings. The molecule has 10 nitrogen and oxygen atoms in total. The molecule has 15 heteroatoms. The average molecular weight is 604 g/mol. The first-order valence-electron chi connectivity index (χ1n) is 13.3. The van der Waals surface area contributed by atoms with Gasteiger partial charge >= 0.3 is 6.18 Å². The predicted octanol–water partition coefficient (Wildman–Crippen LogP) is 3.95. The van der Waals surface area contributed by atoms with E-state index in [4.69, 9.17) is 9.47 Å². The van der Waals surface area contributed by atoms with Crippen molar-refractivity contribution in [1.29, 1.82) is 0 Å². The fraction of sp³-hybridized carbons (Fsp3) is 0.577. The molecular weight excluding hydrogens is 570 g/mol. The van der Waals surface area contributed by atoms with E-state index in [1.165, 1.54) is 13.2 Å². The molecule has 1 saturated heterocycles. The van der Waals surface area contributed by atoms with Crippen molar-refractivity contribution in [2.75, 3.05) is 31.9 Å². The number of aromatic nitrogens is 2. The van der Waals surface area contributed by atoms with Crippen LogP contribution in [-0.2, 0) is 27.4 Å². The van der Waals surface area contributed by atoms with Gasteiger partial charge in [0.15, 0.2) is 0 Å². The van der Waals surface area contributed by atoms with Crippen molar-refractivity contribution in [3.63, 3.8) is 0 Å². The summed E-state index contributed by atoms with van der Waals surface area (Å²) < 4.78 is 93.3. The first kappa shape index (κ1) is 30.9. The summed E-state index contributed by atoms with van der Waals surface area (Å²) in [5, 5.41) is 5.53. The number of hydrogen-bond acceptors (Lipinski definition) is 8. The van der Waals surface area contributed by atoms with Crippen molar-refractivity contribution < 1.29 is 40.2 Å². The van der Waals surface area contributed by atoms with E-state index in [1.807, 2.05) is 0 Å². The maximum absolute atomic E-state index is 14.8. The Hall–Kier alpha value is -3.04. The van der Waals surface area contributed by atoms with Gasteiger partial charge < -0.3 is 20.1 Å². The van der Waals surface area contributed by atoms with E-state index in [9.17, 15) is 30.8 Å². The minimum atomic E-state index is -4.74. The molecule has 3 N–H and O–H groups in total. The molecule has 41 heavy (non-hydrogen) atoms. The highest BCUT2D eigenvalue weighted by Crippen LogP contribution is 2.36. The molecule has 0 radical (unpaired) electrons. The summed E-state index contributed by atoms with van der Waals surface area (Å²) in [6.07, 6.45) is 0.467. The molecule has 1 amide bonds. The number of methoxy groups -OCH3 is 1. The fourth-order valence-corrected chi connectivity index (χ4v) is 6.08. The standard InChI is InChI=1S/C26H33F4N5O5S/c1-39-23-13-19(27)17(24(36)32-16-7-9-40-10-8-16)12-22(23)34-25-31-14-18(26(28,29)30)21(33-25)11-15-5-3-4-6-20(15)35-41(2,37)38/h12-16,20,35H,3-11H2,1-2H3,(H,32,36)(H,31,33,34)/t15-,20+/m0/s1. The van der Waals surface area contributed by atoms with E-state index in [0.29, 0.717) is 45.1 Å². The lowest BCUT2D eigenvalue weighted by molar-refractivity contribution is -0.138. The SMILES string of the molecule is COc1cc(F)c(C(=O)NC2CCOCC2)cc1Nc1ncc(C(F)(F)F)c(C[C@@H]2CCCC[C@H]2NS(C)(=O)=O)n1. The molecule has 2 aliphatic rings. The monoisotopic (exact) mass is 603 g/mol. The third-order valence-electron chi connectivity index (χ3n) is 7.24. The first-order chi connectivity index (χ1) is 19.3. The fourth-order valence-electron chi connectivity index (χ4n) is 5.22. The van der Waals surface area contributed by atoms with Gasteiger partial charge in [0.25, 0.3) is 5.91 Å². The van der Waals surface area contributed by atoms with Crippen LogP contribution in [0.25, 0.3) is 0 Å². The Kier molecular flexibility index (Phi) is 9.70. The van der Waals surface area contributed by atoms with Gasteiger partial charge in [-0.25, -0.2) is 27.5 Å². The number of ether oxygens (including phenoxy) is 2. The van der Waals surface area contributed by atoms with Crippen LogP contribution in [0.1, 0.15) is 60.1 Å². The van der Waals surface area contributed by atoms with Crippen molar-refractivity contribution in [2.24, 2.45) is 5.92 Å². The molecule has 2 heterocycles. The molecule has 0 bridgehead atoms. The van der Waals surface area contributed by atoms with Gasteiger partial charge in [-0.1, -0.05) is 12.8 Å². The second kappa shape index (κ2) is 12.9. The number of amides is 1. The Bertz CT molecular complexity index is 1350. The summed E-state index contributed by atoms with van der Waals surface area (Å²) in [5.41, 5.74) is -1.55. The number of alkyl halides is 3. The highest BCUT2D eigenvalue weighted by atomic mass is 32.2. The van der Waals surface area contributed by atoms with E-state index in [0.717, 1.165) is 25.2 Å². The Morgan fingerprint density at radius 1 is 1.15 bits per heavy atom. The zero-order valence-corrected chi connectivity index (χ0v) is 23.5. The van der Waals surface area contributed by atoms with Crippen molar-refractivity contribution in [3.8, 4) is 5.75 Å². The average Bonchev–Trinajstić information content (AvgIpc) is 2.89. The van der Waals surface area contributed by atoms with Crippen LogP contribution in [0.5, 0.6) is 5.75 Å². The summed E-state index contributed by atoms with van der Waals surface area (Å²) >= 11 is 0. The van der Waals surface area contributed by atoms with E-state index < -0.39 is 45.4 Å². The third kappa shape index (κ3) is 8.26. The third-order valence-corrected chi connectivity index (χ3v) is 7.97. The Morgan fingerprint density at radius 2 is 1.85 bits per heavy atom. The van der Waals surface area contributed by atoms with E-state index in [-0.39, 0.29) is 41.1 Å². The van der Waals surface area contributed by atoms with Crippen molar-refractivity contribution in [2.45, 2.75) is 63.2 Å². The van der Waals surface area contributed by atoms with Gasteiger partial charge in [0.05, 0.1) is 35.9 Å². The van der Waals surface area contributed by atoms with Gasteiger partial charge in [0.1, 0.15) is 11.6 Å². The Morgan fingerprint density at radius 3 is 2.51 bits per heavy atom. The normalized spacial score (nSPS) is 20.4. The van der Waals surface area contributed by atoms with Gasteiger partial charge in [-0.15, -0.1) is 0 Å². The topological polar surface area (TPSA) is 132 Å². The molecule has 1 aromatic heterocycles. The second-order valence-corrected chi connectivity index (χ2v) is 12.1. The zero-order chi connectivity index (χ0) is 29.8. The highest BCUT2D eigenvalue weighted by molar-refractivity contribution is 7.88. The number of nitrogens with one attached hydrogen (secondary N) is 3. The number of carbonyl (C=O) groups excluding carboxylic acids is 1. The quantitative estimate of drug-likeness (QED) is 0.368. The van der Waals surface area contributed by atoms with Crippen molar-refractivity contribution in [3.05, 3.63) is 41.0 Å². The number of halogens is 4. The highest BCUT2D eigenvalue weighted by Gasteiger charge is 2.37. The van der Waals surface area contributed by atoms with Crippen LogP contribution < -0.4 is 20.1 Å². The predicted molar refractivity (Wildman–Crippen MR) is 142 cm³/mol. The molecule has 2 atom stereocenters. The Balaban J connectivity index is 1.62. The largest absolute Gasteiger partial charge is 0.494 e. The second-order valence-electron chi connectivity index (χ2n) is 10.3. The van der Waals surface area contributed by atoms with Crippen LogP contribution in [0.15, 0.2) is 18.3 Å². The molecule has 226 valence electrons. The van der Waals surface area contributed by atoms with Gasteiger partial charge in [0.2, 0.25) is 16.0 Å². The van der Waals surface area contributed by atoms with Crippen LogP contribution in [0.4, 0.5) is 29.2 Å². The van der Waals surface area contributed by atoms with Gasteiger partial charge in [0, 0.05) is 37.6 Å². The van der Waals surface area contributed by atoms with Crippen LogP contribution in [0.3, 0.4) is 0 Å². The van der Waals surface area contributed by atoms with Crippen molar-refractivity contribution >= 4 is 27.6 Å². The van der Waals surface area contributed by atoms with Crippen LogP contribution >= 0.6 is 0 Å². The number of rotatable bonds is 9. The summed E-state index contributed by atoms with van der Waals surface area (Å²) in [4.78, 5) is 20.8. The minimum absolute atomic E-state index is 0.0140. The van der Waals surface area contributed by atoms with Crippen molar-refractivity contribution in [1.82, 2.24) is 20.0 Å². The van der Waals surface area contributed by atoms with Crippen LogP contribution in [-0.4, -0.2) is 63.0 Å². The number of nitrogens with zero attached hydrogens (tertiary/aromatic N) is 2. The summed E-state index contributed by atoms with van der Waals surface area (Å²) in [6, 6.07) is 1.47. The number of anilines is 2. The summed E-state index contributed by atoms with van der Waals surface area (Å²) in [5.74, 6) is -2.15. The summed E-state index contributed by atoms with van der Waals surface area (Å²) in [7, 11) is -2.29. The van der Waals surface area contributed by atoms with Gasteiger partial charge in [-0.3, -0.25) is 4.79 Å². The number of sulfonamides is 1. The molecule has 0 unspecified atom stereocenters. The number of benzene rings is 1. The lowest BCUT2D eigenvalue weighted by Crippen LogP contribution is -2.42. The molecule has 1 aliphatic heterocycles. The molecule has 1 saturated carbocycles. The molecule has 2 fully saturated rings. The Labute approximate surface area is 235 Å². The smallest absolute Gasteiger partial charge is 0.419 e. The maximum Gasteiger partial charge on any atom is 0.419 e. The molecule has 4 rings (SSSR count). The number of hydrogen-bond donors (Lipinski definition) is 3. The van der Waals surface area contributed by atoms with Crippen LogP contribution in [0, 0.1) is 11.7 Å².